The van der Waals surface area contributed by atoms with E-state index in [2.05, 4.69) is 4.98 Å². The summed E-state index contributed by atoms with van der Waals surface area (Å²) in [5.41, 5.74) is -0.792. The molecule has 17 heavy (non-hydrogen) atoms. The maximum Gasteiger partial charge on any atom is 0.145 e. The first-order valence-corrected chi connectivity index (χ1v) is 5.55. The molecular weight excluding hydrogens is 219 g/mol. The van der Waals surface area contributed by atoms with E-state index in [4.69, 9.17) is 0 Å². The van der Waals surface area contributed by atoms with Crippen LogP contribution >= 0.6 is 0 Å². The van der Waals surface area contributed by atoms with Crippen molar-refractivity contribution in [1.29, 1.82) is 0 Å². The zero-order valence-electron chi connectivity index (χ0n) is 9.89. The molecule has 0 aliphatic heterocycles. The molecule has 3 nitrogen and oxygen atoms in total. The van der Waals surface area contributed by atoms with Gasteiger partial charge in [0.1, 0.15) is 17.2 Å². The van der Waals surface area contributed by atoms with Crippen LogP contribution in [0.5, 0.6) is 0 Å². The normalized spacial score (nSPS) is 14.6. The van der Waals surface area contributed by atoms with Crippen LogP contribution in [0.15, 0.2) is 36.7 Å². The molecule has 0 saturated heterocycles. The van der Waals surface area contributed by atoms with E-state index in [0.717, 1.165) is 0 Å². The minimum atomic E-state index is -1.29. The Morgan fingerprint density at radius 1 is 1.47 bits per heavy atom. The van der Waals surface area contributed by atoms with Gasteiger partial charge in [0.2, 0.25) is 0 Å². The number of benzene rings is 1. The lowest BCUT2D eigenvalue weighted by Gasteiger charge is -2.24. The van der Waals surface area contributed by atoms with E-state index in [9.17, 15) is 9.50 Å². The molecule has 1 N–H and O–H groups in total. The number of hydrogen-bond acceptors (Lipinski definition) is 2. The average molecular weight is 234 g/mol. The van der Waals surface area contributed by atoms with Crippen molar-refractivity contribution in [3.63, 3.8) is 0 Å². The second-order valence-electron chi connectivity index (χ2n) is 4.12. The Hall–Kier alpha value is -1.68. The number of aryl methyl sites for hydroxylation is 1. The van der Waals surface area contributed by atoms with Crippen molar-refractivity contribution in [3.05, 3.63) is 53.9 Å². The van der Waals surface area contributed by atoms with Crippen molar-refractivity contribution in [3.8, 4) is 0 Å². The number of nitrogens with zero attached hydrogens (tertiary/aromatic N) is 2. The van der Waals surface area contributed by atoms with Crippen LogP contribution in [0.2, 0.25) is 0 Å². The van der Waals surface area contributed by atoms with Crippen LogP contribution < -0.4 is 0 Å². The molecular formula is C13H15FN2O. The predicted octanol–water partition coefficient (Wildman–Crippen LogP) is 2.30. The fourth-order valence-electron chi connectivity index (χ4n) is 1.91. The Kier molecular flexibility index (Phi) is 2.98. The highest BCUT2D eigenvalue weighted by atomic mass is 19.1. The molecule has 1 aromatic carbocycles. The van der Waals surface area contributed by atoms with Gasteiger partial charge in [-0.25, -0.2) is 9.37 Å². The van der Waals surface area contributed by atoms with E-state index < -0.39 is 5.60 Å². The number of aliphatic hydroxyl groups is 1. The predicted molar refractivity (Wildman–Crippen MR) is 63.0 cm³/mol. The van der Waals surface area contributed by atoms with Crippen molar-refractivity contribution >= 4 is 0 Å². The first-order chi connectivity index (χ1) is 8.05. The molecule has 1 unspecified atom stereocenters. The zero-order valence-corrected chi connectivity index (χ0v) is 9.89. The molecule has 0 saturated carbocycles. The second kappa shape index (κ2) is 4.30. The third-order valence-corrected chi connectivity index (χ3v) is 2.88. The molecule has 2 rings (SSSR count). The van der Waals surface area contributed by atoms with Crippen LogP contribution in [0.3, 0.4) is 0 Å². The van der Waals surface area contributed by atoms with Crippen LogP contribution in [0.25, 0.3) is 0 Å². The monoisotopic (exact) mass is 234 g/mol. The zero-order chi connectivity index (χ0) is 12.5. The second-order valence-corrected chi connectivity index (χ2v) is 4.12. The van der Waals surface area contributed by atoms with Crippen molar-refractivity contribution in [2.24, 2.45) is 0 Å². The number of halogens is 1. The van der Waals surface area contributed by atoms with E-state index in [-0.39, 0.29) is 5.82 Å². The molecule has 0 aliphatic carbocycles. The van der Waals surface area contributed by atoms with Gasteiger partial charge < -0.3 is 9.67 Å². The molecule has 1 atom stereocenters. The molecule has 4 heteroatoms. The lowest BCUT2D eigenvalue weighted by molar-refractivity contribution is 0.0878. The summed E-state index contributed by atoms with van der Waals surface area (Å²) >= 11 is 0. The van der Waals surface area contributed by atoms with Gasteiger partial charge in [0.15, 0.2) is 0 Å². The summed E-state index contributed by atoms with van der Waals surface area (Å²) in [4.78, 5) is 4.16. The van der Waals surface area contributed by atoms with Crippen molar-refractivity contribution in [2.45, 2.75) is 26.0 Å². The maximum absolute atomic E-state index is 13.2. The molecule has 0 aliphatic rings. The molecule has 0 fully saturated rings. The average Bonchev–Trinajstić information content (AvgIpc) is 2.77. The van der Waals surface area contributed by atoms with E-state index in [0.29, 0.717) is 17.9 Å². The number of rotatable bonds is 3. The minimum Gasteiger partial charge on any atom is -0.377 e. The minimum absolute atomic E-state index is 0.364. The highest BCUT2D eigenvalue weighted by Crippen LogP contribution is 2.28. The first-order valence-electron chi connectivity index (χ1n) is 5.55. The summed E-state index contributed by atoms with van der Waals surface area (Å²) in [5.74, 6) is 0.156. The summed E-state index contributed by atoms with van der Waals surface area (Å²) in [5, 5.41) is 10.5. The molecule has 1 heterocycles. The van der Waals surface area contributed by atoms with Crippen LogP contribution in [0.1, 0.15) is 25.2 Å². The van der Waals surface area contributed by atoms with Gasteiger partial charge in [-0.3, -0.25) is 0 Å². The largest absolute Gasteiger partial charge is 0.377 e. The Labute approximate surface area is 99.5 Å². The smallest absolute Gasteiger partial charge is 0.145 e. The van der Waals surface area contributed by atoms with Crippen LogP contribution in [-0.4, -0.2) is 14.7 Å². The number of imidazole rings is 1. The quantitative estimate of drug-likeness (QED) is 0.884. The highest BCUT2D eigenvalue weighted by Gasteiger charge is 2.30. The lowest BCUT2D eigenvalue weighted by atomic mass is 9.95. The Balaban J connectivity index is 2.49. The fraction of sp³-hybridized carbons (Fsp3) is 0.308. The lowest BCUT2D eigenvalue weighted by Crippen LogP contribution is -2.27. The van der Waals surface area contributed by atoms with Gasteiger partial charge in [-0.2, -0.15) is 0 Å². The molecule has 0 bridgehead atoms. The number of hydrogen-bond donors (Lipinski definition) is 1. The third-order valence-electron chi connectivity index (χ3n) is 2.88. The van der Waals surface area contributed by atoms with Crippen LogP contribution in [0.4, 0.5) is 4.39 Å². The van der Waals surface area contributed by atoms with Crippen molar-refractivity contribution < 1.29 is 9.50 Å². The van der Waals surface area contributed by atoms with E-state index in [1.54, 1.807) is 31.5 Å². The standard InChI is InChI=1S/C13H15FN2O/c1-3-16-8-7-15-12(16)13(2,17)10-5-4-6-11(14)9-10/h4-9,17H,3H2,1-2H3. The van der Waals surface area contributed by atoms with Crippen LogP contribution in [0, 0.1) is 5.82 Å². The summed E-state index contributed by atoms with van der Waals surface area (Å²) in [6.07, 6.45) is 3.43. The van der Waals surface area contributed by atoms with Crippen LogP contribution in [-0.2, 0) is 12.1 Å². The van der Waals surface area contributed by atoms with Crippen molar-refractivity contribution in [2.75, 3.05) is 0 Å². The molecule has 2 aromatic rings. The molecule has 0 radical (unpaired) electrons. The van der Waals surface area contributed by atoms with Crippen molar-refractivity contribution in [1.82, 2.24) is 9.55 Å². The van der Waals surface area contributed by atoms with Gasteiger partial charge in [0.25, 0.3) is 0 Å². The van der Waals surface area contributed by atoms with Gasteiger partial charge in [0, 0.05) is 18.9 Å². The summed E-state index contributed by atoms with van der Waals surface area (Å²) in [6.45, 7) is 4.30. The van der Waals surface area contributed by atoms with E-state index >= 15 is 0 Å². The molecule has 1 aromatic heterocycles. The third kappa shape index (κ3) is 2.08. The topological polar surface area (TPSA) is 38.0 Å². The van der Waals surface area contributed by atoms with Gasteiger partial charge in [-0.15, -0.1) is 0 Å². The summed E-state index contributed by atoms with van der Waals surface area (Å²) in [6, 6.07) is 5.96. The van der Waals surface area contributed by atoms with Gasteiger partial charge >= 0.3 is 0 Å². The Bertz CT molecular complexity index is 520. The maximum atomic E-state index is 13.2. The SMILES string of the molecule is CCn1ccnc1C(C)(O)c1cccc(F)c1. The highest BCUT2D eigenvalue weighted by molar-refractivity contribution is 5.29. The Morgan fingerprint density at radius 3 is 2.88 bits per heavy atom. The van der Waals surface area contributed by atoms with Gasteiger partial charge in [0.05, 0.1) is 0 Å². The first kappa shape index (κ1) is 11.8. The van der Waals surface area contributed by atoms with Gasteiger partial charge in [-0.05, 0) is 31.5 Å². The summed E-state index contributed by atoms with van der Waals surface area (Å²) < 4.78 is 15.0. The number of aromatic nitrogens is 2. The summed E-state index contributed by atoms with van der Waals surface area (Å²) in [7, 11) is 0. The van der Waals surface area contributed by atoms with Gasteiger partial charge in [-0.1, -0.05) is 12.1 Å². The van der Waals surface area contributed by atoms with E-state index in [1.807, 2.05) is 11.5 Å². The van der Waals surface area contributed by atoms with E-state index in [1.165, 1.54) is 12.1 Å². The molecule has 90 valence electrons. The molecule has 0 spiro atoms. The fourth-order valence-corrected chi connectivity index (χ4v) is 1.91. The Morgan fingerprint density at radius 2 is 2.24 bits per heavy atom. The molecule has 0 amide bonds.